The average molecular weight is 210 g/mol. The molecule has 1 rings (SSSR count). The van der Waals surface area contributed by atoms with Crippen LogP contribution in [0.3, 0.4) is 0 Å². The predicted molar refractivity (Wildman–Crippen MR) is 56.4 cm³/mol. The number of allylic oxidation sites excluding steroid dienone is 1. The minimum atomic E-state index is -0.985. The topological polar surface area (TPSA) is 75.1 Å². The molecule has 0 amide bonds. The van der Waals surface area contributed by atoms with Crippen LogP contribution in [0, 0.1) is 5.41 Å². The first-order chi connectivity index (χ1) is 6.84. The maximum atomic E-state index is 11.2. The first-order valence-corrected chi connectivity index (χ1v) is 4.54. The van der Waals surface area contributed by atoms with Gasteiger partial charge >= 0.3 is 11.7 Å². The summed E-state index contributed by atoms with van der Waals surface area (Å²) in [7, 11) is 0. The lowest BCUT2D eigenvalue weighted by molar-refractivity contribution is -0.144. The van der Waals surface area contributed by atoms with E-state index in [-0.39, 0.29) is 5.69 Å². The van der Waals surface area contributed by atoms with Crippen LogP contribution in [0.2, 0.25) is 0 Å². The van der Waals surface area contributed by atoms with Crippen LogP contribution in [-0.4, -0.2) is 20.6 Å². The number of aromatic amines is 1. The van der Waals surface area contributed by atoms with Crippen molar-refractivity contribution in [3.63, 3.8) is 0 Å². The molecule has 0 aliphatic rings. The summed E-state index contributed by atoms with van der Waals surface area (Å²) < 4.78 is 1.37. The molecule has 82 valence electrons. The highest BCUT2D eigenvalue weighted by Crippen LogP contribution is 2.20. The van der Waals surface area contributed by atoms with Gasteiger partial charge < -0.3 is 10.1 Å². The molecule has 1 aromatic heterocycles. The summed E-state index contributed by atoms with van der Waals surface area (Å²) in [5.41, 5.74) is -0.667. The monoisotopic (exact) mass is 210 g/mol. The molecule has 0 aromatic carbocycles. The quantitative estimate of drug-likeness (QED) is 0.785. The molecule has 0 unspecified atom stereocenters. The molecule has 0 saturated carbocycles. The van der Waals surface area contributed by atoms with Crippen molar-refractivity contribution in [1.82, 2.24) is 9.55 Å². The Morgan fingerprint density at radius 1 is 1.60 bits per heavy atom. The number of carboxylic acid groups (broad SMARTS) is 1. The molecule has 2 N–H and O–H groups in total. The fourth-order valence-electron chi connectivity index (χ4n) is 1.25. The fourth-order valence-corrected chi connectivity index (χ4v) is 1.25. The second-order valence-corrected chi connectivity index (χ2v) is 3.95. The van der Waals surface area contributed by atoms with Gasteiger partial charge in [0.15, 0.2) is 0 Å². The molecule has 15 heavy (non-hydrogen) atoms. The van der Waals surface area contributed by atoms with E-state index >= 15 is 0 Å². The summed E-state index contributed by atoms with van der Waals surface area (Å²) >= 11 is 0. The number of rotatable bonds is 3. The van der Waals surface area contributed by atoms with E-state index in [0.29, 0.717) is 5.70 Å². The van der Waals surface area contributed by atoms with E-state index < -0.39 is 11.4 Å². The number of hydrogen-bond acceptors (Lipinski definition) is 2. The summed E-state index contributed by atoms with van der Waals surface area (Å²) in [6.07, 6.45) is 4.62. The molecule has 0 aliphatic carbocycles. The number of carbonyl (C=O) groups is 1. The van der Waals surface area contributed by atoms with Crippen molar-refractivity contribution in [2.24, 2.45) is 5.41 Å². The standard InChI is InChI=1S/C10H14N2O3/c1-7(6-10(2,3)8(13)14)12-5-4-11-9(12)15/h4-6H,1-3H3,(H,11,15)(H,13,14). The largest absolute Gasteiger partial charge is 0.481 e. The van der Waals surface area contributed by atoms with Crippen molar-refractivity contribution in [3.8, 4) is 0 Å². The van der Waals surface area contributed by atoms with Crippen molar-refractivity contribution >= 4 is 11.7 Å². The zero-order valence-corrected chi connectivity index (χ0v) is 8.94. The van der Waals surface area contributed by atoms with Gasteiger partial charge in [-0.25, -0.2) is 4.79 Å². The van der Waals surface area contributed by atoms with Crippen LogP contribution in [0.1, 0.15) is 20.8 Å². The SMILES string of the molecule is CC(=CC(C)(C)C(=O)O)n1cc[nH]c1=O. The number of hydrogen-bond donors (Lipinski definition) is 2. The summed E-state index contributed by atoms with van der Waals surface area (Å²) in [5, 5.41) is 8.92. The molecule has 0 fully saturated rings. The second kappa shape index (κ2) is 3.76. The summed E-state index contributed by atoms with van der Waals surface area (Å²) in [6.45, 7) is 4.85. The Labute approximate surface area is 87.1 Å². The molecule has 1 aromatic rings. The summed E-state index contributed by atoms with van der Waals surface area (Å²) in [5.74, 6) is -0.926. The van der Waals surface area contributed by atoms with Crippen LogP contribution in [0.4, 0.5) is 0 Å². The van der Waals surface area contributed by atoms with Gasteiger partial charge in [0.25, 0.3) is 0 Å². The lowest BCUT2D eigenvalue weighted by Crippen LogP contribution is -2.23. The Morgan fingerprint density at radius 2 is 2.20 bits per heavy atom. The lowest BCUT2D eigenvalue weighted by Gasteiger charge is -2.15. The van der Waals surface area contributed by atoms with E-state index in [2.05, 4.69) is 4.98 Å². The van der Waals surface area contributed by atoms with Crippen molar-refractivity contribution in [1.29, 1.82) is 0 Å². The minimum Gasteiger partial charge on any atom is -0.481 e. The van der Waals surface area contributed by atoms with E-state index in [1.165, 1.54) is 10.8 Å². The van der Waals surface area contributed by atoms with Crippen molar-refractivity contribution in [2.75, 3.05) is 0 Å². The highest BCUT2D eigenvalue weighted by atomic mass is 16.4. The summed E-state index contributed by atoms with van der Waals surface area (Å²) in [6, 6.07) is 0. The first kappa shape index (κ1) is 11.3. The molecular formula is C10H14N2O3. The Morgan fingerprint density at radius 3 is 2.60 bits per heavy atom. The number of carboxylic acids is 1. The van der Waals surface area contributed by atoms with Crippen molar-refractivity contribution < 1.29 is 9.90 Å². The number of nitrogens with zero attached hydrogens (tertiary/aromatic N) is 1. The van der Waals surface area contributed by atoms with Crippen molar-refractivity contribution in [3.05, 3.63) is 29.0 Å². The molecule has 0 aliphatic heterocycles. The third-order valence-corrected chi connectivity index (χ3v) is 2.15. The van der Waals surface area contributed by atoms with E-state index in [1.807, 2.05) is 0 Å². The van der Waals surface area contributed by atoms with Gasteiger partial charge in [-0.2, -0.15) is 0 Å². The molecule has 0 saturated heterocycles. The zero-order chi connectivity index (χ0) is 11.6. The number of imidazole rings is 1. The van der Waals surface area contributed by atoms with Gasteiger partial charge in [-0.15, -0.1) is 0 Å². The normalized spacial score (nSPS) is 12.9. The highest BCUT2D eigenvalue weighted by Gasteiger charge is 2.24. The molecular weight excluding hydrogens is 196 g/mol. The first-order valence-electron chi connectivity index (χ1n) is 4.54. The van der Waals surface area contributed by atoms with Gasteiger partial charge in [0, 0.05) is 18.1 Å². The van der Waals surface area contributed by atoms with E-state index in [0.717, 1.165) is 0 Å². The average Bonchev–Trinajstić information content (AvgIpc) is 2.50. The maximum Gasteiger partial charge on any atom is 0.329 e. The van der Waals surface area contributed by atoms with Crippen LogP contribution >= 0.6 is 0 Å². The molecule has 5 nitrogen and oxygen atoms in total. The zero-order valence-electron chi connectivity index (χ0n) is 8.94. The molecule has 0 atom stereocenters. The van der Waals surface area contributed by atoms with Gasteiger partial charge in [-0.3, -0.25) is 9.36 Å². The van der Waals surface area contributed by atoms with E-state index in [4.69, 9.17) is 5.11 Å². The molecule has 5 heteroatoms. The smallest absolute Gasteiger partial charge is 0.329 e. The number of aromatic nitrogens is 2. The van der Waals surface area contributed by atoms with Crippen LogP contribution in [0.25, 0.3) is 5.70 Å². The Hall–Kier alpha value is -1.78. The minimum absolute atomic E-state index is 0.273. The van der Waals surface area contributed by atoms with Crippen molar-refractivity contribution in [2.45, 2.75) is 20.8 Å². The molecule has 1 heterocycles. The van der Waals surface area contributed by atoms with Gasteiger partial charge in [-0.05, 0) is 26.8 Å². The highest BCUT2D eigenvalue weighted by molar-refractivity contribution is 5.77. The number of nitrogens with one attached hydrogen (secondary N) is 1. The second-order valence-electron chi connectivity index (χ2n) is 3.95. The van der Waals surface area contributed by atoms with Crippen LogP contribution in [0.5, 0.6) is 0 Å². The van der Waals surface area contributed by atoms with Crippen LogP contribution < -0.4 is 5.69 Å². The third kappa shape index (κ3) is 2.37. The van der Waals surface area contributed by atoms with Crippen LogP contribution in [0.15, 0.2) is 23.3 Å². The van der Waals surface area contributed by atoms with Gasteiger partial charge in [-0.1, -0.05) is 0 Å². The van der Waals surface area contributed by atoms with E-state index in [1.54, 1.807) is 33.0 Å². The van der Waals surface area contributed by atoms with Crippen LogP contribution in [-0.2, 0) is 4.79 Å². The Balaban J connectivity index is 3.10. The fraction of sp³-hybridized carbons (Fsp3) is 0.400. The predicted octanol–water partition coefficient (Wildman–Crippen LogP) is 1.15. The Bertz CT molecular complexity index is 451. The molecule has 0 radical (unpaired) electrons. The maximum absolute atomic E-state index is 11.2. The van der Waals surface area contributed by atoms with E-state index in [9.17, 15) is 9.59 Å². The third-order valence-electron chi connectivity index (χ3n) is 2.15. The molecule has 0 spiro atoms. The number of aliphatic carboxylic acids is 1. The molecule has 0 bridgehead atoms. The van der Waals surface area contributed by atoms with Gasteiger partial charge in [0.2, 0.25) is 0 Å². The van der Waals surface area contributed by atoms with Gasteiger partial charge in [0.05, 0.1) is 5.41 Å². The Kier molecular flexibility index (Phi) is 2.83. The number of H-pyrrole nitrogens is 1. The lowest BCUT2D eigenvalue weighted by atomic mass is 9.92. The van der Waals surface area contributed by atoms with Gasteiger partial charge in [0.1, 0.15) is 0 Å². The summed E-state index contributed by atoms with van der Waals surface area (Å²) in [4.78, 5) is 24.6.